The van der Waals surface area contributed by atoms with Crippen molar-refractivity contribution in [3.8, 4) is 55.6 Å². The molecule has 0 bridgehead atoms. The van der Waals surface area contributed by atoms with Crippen LogP contribution in [0.15, 0.2) is 212 Å². The normalized spacial score (nSPS) is 8.58. The molecule has 0 fully saturated rings. The fourth-order valence-electron chi connectivity index (χ4n) is 6.61. The standard InChI is InChI=1S/C48H35N.10C2H6/c1-6-17-36(18-7-1)42-32-43(37-19-8-2-9-20-37)34-44(33-42)40-24-16-23-39(31-40)41-29-30-48(47(35-41)38-21-10-3-11-22-38)49(45-25-12-4-13-26-45)46-27-14-5-15-28-46;10*1-2/h1-35H;10*1-2H3. The highest BCUT2D eigenvalue weighted by Gasteiger charge is 2.18. The summed E-state index contributed by atoms with van der Waals surface area (Å²) in [5.41, 5.74) is 15.3. The van der Waals surface area contributed by atoms with Crippen LogP contribution in [0.3, 0.4) is 0 Å². The lowest BCUT2D eigenvalue weighted by Gasteiger charge is -2.28. The highest BCUT2D eigenvalue weighted by atomic mass is 15.1. The van der Waals surface area contributed by atoms with Gasteiger partial charge in [0, 0.05) is 16.9 Å². The fraction of sp³-hybridized carbons (Fsp3) is 0.294. The van der Waals surface area contributed by atoms with Crippen molar-refractivity contribution in [1.29, 1.82) is 0 Å². The van der Waals surface area contributed by atoms with Crippen LogP contribution < -0.4 is 4.90 Å². The average molecular weight is 927 g/mol. The van der Waals surface area contributed by atoms with E-state index in [9.17, 15) is 0 Å². The Morgan fingerprint density at radius 1 is 0.188 bits per heavy atom. The maximum atomic E-state index is 2.35. The zero-order valence-electron chi connectivity index (χ0n) is 47.2. The summed E-state index contributed by atoms with van der Waals surface area (Å²) in [5, 5.41) is 0. The number of para-hydroxylation sites is 2. The van der Waals surface area contributed by atoms with Crippen LogP contribution in [0.25, 0.3) is 55.6 Å². The minimum absolute atomic E-state index is 1.12. The summed E-state index contributed by atoms with van der Waals surface area (Å²) in [4.78, 5) is 2.35. The third-order valence-corrected chi connectivity index (χ3v) is 9.03. The van der Waals surface area contributed by atoms with Crippen LogP contribution in [0.5, 0.6) is 0 Å². The van der Waals surface area contributed by atoms with Crippen molar-refractivity contribution >= 4 is 17.1 Å². The molecule has 8 aromatic carbocycles. The summed E-state index contributed by atoms with van der Waals surface area (Å²) in [6.45, 7) is 40.0. The van der Waals surface area contributed by atoms with E-state index >= 15 is 0 Å². The van der Waals surface area contributed by atoms with Crippen LogP contribution in [-0.2, 0) is 0 Å². The van der Waals surface area contributed by atoms with E-state index < -0.39 is 0 Å². The van der Waals surface area contributed by atoms with Crippen molar-refractivity contribution in [2.45, 2.75) is 138 Å². The first-order valence-electron chi connectivity index (χ1n) is 26.8. The van der Waals surface area contributed by atoms with Gasteiger partial charge in [-0.05, 0) is 111 Å². The van der Waals surface area contributed by atoms with Crippen molar-refractivity contribution in [1.82, 2.24) is 0 Å². The van der Waals surface area contributed by atoms with Gasteiger partial charge in [-0.1, -0.05) is 290 Å². The lowest BCUT2D eigenvalue weighted by Crippen LogP contribution is -2.11. The number of nitrogens with zero attached hydrogens (tertiary/aromatic N) is 1. The monoisotopic (exact) mass is 926 g/mol. The molecule has 0 aliphatic rings. The first kappa shape index (κ1) is 66.8. The average Bonchev–Trinajstić information content (AvgIpc) is 3.49. The minimum Gasteiger partial charge on any atom is -0.310 e. The van der Waals surface area contributed by atoms with Gasteiger partial charge in [-0.2, -0.15) is 0 Å². The largest absolute Gasteiger partial charge is 0.310 e. The minimum atomic E-state index is 1.12. The van der Waals surface area contributed by atoms with Gasteiger partial charge in [0.1, 0.15) is 0 Å². The molecule has 0 aromatic heterocycles. The topological polar surface area (TPSA) is 3.24 Å². The Morgan fingerprint density at radius 2 is 0.435 bits per heavy atom. The second-order valence-electron chi connectivity index (χ2n) is 12.2. The molecule has 0 saturated carbocycles. The fourth-order valence-corrected chi connectivity index (χ4v) is 6.61. The molecule has 1 nitrogen and oxygen atoms in total. The maximum absolute atomic E-state index is 2.35. The molecule has 1 heteroatoms. The van der Waals surface area contributed by atoms with Crippen molar-refractivity contribution < 1.29 is 0 Å². The van der Waals surface area contributed by atoms with Gasteiger partial charge < -0.3 is 4.90 Å². The van der Waals surface area contributed by atoms with Crippen LogP contribution in [0.1, 0.15) is 138 Å². The van der Waals surface area contributed by atoms with E-state index in [1.54, 1.807) is 0 Å². The van der Waals surface area contributed by atoms with E-state index in [0.29, 0.717) is 0 Å². The molecular formula is C68H95N. The molecule has 0 spiro atoms. The second-order valence-corrected chi connectivity index (χ2v) is 12.2. The van der Waals surface area contributed by atoms with E-state index in [2.05, 4.69) is 217 Å². The Hall–Kier alpha value is -6.44. The quantitative estimate of drug-likeness (QED) is 0.147. The van der Waals surface area contributed by atoms with Gasteiger partial charge in [0.2, 0.25) is 0 Å². The van der Waals surface area contributed by atoms with Crippen LogP contribution in [0.2, 0.25) is 0 Å². The highest BCUT2D eigenvalue weighted by molar-refractivity contribution is 5.91. The Bertz CT molecular complexity index is 2200. The zero-order chi connectivity index (χ0) is 52.8. The van der Waals surface area contributed by atoms with Gasteiger partial charge in [0.25, 0.3) is 0 Å². The summed E-state index contributed by atoms with van der Waals surface area (Å²) >= 11 is 0. The third-order valence-electron chi connectivity index (χ3n) is 9.03. The van der Waals surface area contributed by atoms with Crippen LogP contribution in [-0.4, -0.2) is 0 Å². The molecule has 0 heterocycles. The Labute approximate surface area is 426 Å². The highest BCUT2D eigenvalue weighted by Crippen LogP contribution is 2.43. The molecule has 372 valence electrons. The van der Waals surface area contributed by atoms with Gasteiger partial charge in [-0.3, -0.25) is 0 Å². The number of anilines is 3. The molecule has 0 saturated heterocycles. The van der Waals surface area contributed by atoms with E-state index in [4.69, 9.17) is 0 Å². The molecule has 8 aromatic rings. The van der Waals surface area contributed by atoms with Gasteiger partial charge in [-0.15, -0.1) is 0 Å². The Morgan fingerprint density at radius 3 is 0.783 bits per heavy atom. The van der Waals surface area contributed by atoms with Crippen molar-refractivity contribution in [2.24, 2.45) is 0 Å². The van der Waals surface area contributed by atoms with Gasteiger partial charge >= 0.3 is 0 Å². The molecule has 8 rings (SSSR count). The molecule has 0 atom stereocenters. The van der Waals surface area contributed by atoms with Crippen LogP contribution in [0.4, 0.5) is 17.1 Å². The molecular weight excluding hydrogens is 831 g/mol. The number of hydrogen-bond donors (Lipinski definition) is 0. The predicted molar refractivity (Wildman–Crippen MR) is 322 cm³/mol. The Kier molecular flexibility index (Phi) is 43.9. The number of rotatable bonds is 8. The molecule has 0 aliphatic heterocycles. The van der Waals surface area contributed by atoms with Crippen molar-refractivity contribution in [3.63, 3.8) is 0 Å². The summed E-state index contributed by atoms with van der Waals surface area (Å²) in [6.07, 6.45) is 0. The van der Waals surface area contributed by atoms with Crippen LogP contribution in [0, 0.1) is 0 Å². The number of benzene rings is 8. The van der Waals surface area contributed by atoms with E-state index in [-0.39, 0.29) is 0 Å². The lowest BCUT2D eigenvalue weighted by atomic mass is 9.91. The first-order chi connectivity index (χ1) is 34.3. The molecule has 0 amide bonds. The van der Waals surface area contributed by atoms with E-state index in [1.165, 1.54) is 55.6 Å². The third kappa shape index (κ3) is 21.6. The molecule has 69 heavy (non-hydrogen) atoms. The summed E-state index contributed by atoms with van der Waals surface area (Å²) < 4.78 is 0. The van der Waals surface area contributed by atoms with Crippen LogP contribution >= 0.6 is 0 Å². The molecule has 0 aliphatic carbocycles. The molecule has 0 N–H and O–H groups in total. The molecule has 0 unspecified atom stereocenters. The van der Waals surface area contributed by atoms with Gasteiger partial charge in [-0.25, -0.2) is 0 Å². The SMILES string of the molecule is CC.CC.CC.CC.CC.CC.CC.CC.CC.CC.c1ccc(-c2cc(-c3ccccc3)cc(-c3cccc(-c4ccc(N(c5ccccc5)c5ccccc5)c(-c5ccccc5)c4)c3)c2)cc1. The van der Waals surface area contributed by atoms with Gasteiger partial charge in [0.05, 0.1) is 5.69 Å². The molecule has 0 radical (unpaired) electrons. The lowest BCUT2D eigenvalue weighted by molar-refractivity contribution is 1.28. The van der Waals surface area contributed by atoms with Gasteiger partial charge in [0.15, 0.2) is 0 Å². The first-order valence-corrected chi connectivity index (χ1v) is 26.8. The van der Waals surface area contributed by atoms with E-state index in [1.807, 2.05) is 138 Å². The van der Waals surface area contributed by atoms with Crippen molar-refractivity contribution in [2.75, 3.05) is 4.90 Å². The van der Waals surface area contributed by atoms with E-state index in [0.717, 1.165) is 17.1 Å². The predicted octanol–water partition coefficient (Wildman–Crippen LogP) is 23.8. The zero-order valence-corrected chi connectivity index (χ0v) is 47.2. The number of hydrogen-bond acceptors (Lipinski definition) is 1. The maximum Gasteiger partial charge on any atom is 0.0540 e. The van der Waals surface area contributed by atoms with Crippen molar-refractivity contribution in [3.05, 3.63) is 212 Å². The second kappa shape index (κ2) is 45.3. The summed E-state index contributed by atoms with van der Waals surface area (Å²) in [6, 6.07) is 76.0. The summed E-state index contributed by atoms with van der Waals surface area (Å²) in [7, 11) is 0. The smallest absolute Gasteiger partial charge is 0.0540 e. The summed E-state index contributed by atoms with van der Waals surface area (Å²) in [5.74, 6) is 0. The Balaban J connectivity index is -0.00000195.